The number of carbonyl (C=O) groups excluding carboxylic acids is 1. The maximum absolute atomic E-state index is 11.8. The third-order valence-electron chi connectivity index (χ3n) is 2.30. The number of unbranched alkanes of at least 4 members (excludes halogenated alkanes) is 1. The predicted molar refractivity (Wildman–Crippen MR) is 61.1 cm³/mol. The number of para-hydroxylation sites is 1. The smallest absolute Gasteiger partial charge is 0.192 e. The molecule has 0 saturated heterocycles. The van der Waals surface area contributed by atoms with Crippen LogP contribution in [0.25, 0.3) is 0 Å². The number of hydrogen-bond donors (Lipinski definition) is 1. The summed E-state index contributed by atoms with van der Waals surface area (Å²) < 4.78 is 0. The second-order valence-corrected chi connectivity index (χ2v) is 3.55. The summed E-state index contributed by atoms with van der Waals surface area (Å²) in [6.45, 7) is 5.82. The minimum atomic E-state index is -0.151. The Bertz CT molecular complexity index is 367. The molecule has 0 atom stereocenters. The number of hydrogen-bond acceptors (Lipinski definition) is 2. The van der Waals surface area contributed by atoms with Crippen LogP contribution >= 0.6 is 0 Å². The quantitative estimate of drug-likeness (QED) is 0.590. The van der Waals surface area contributed by atoms with E-state index in [0.29, 0.717) is 17.6 Å². The summed E-state index contributed by atoms with van der Waals surface area (Å²) in [6, 6.07) is 6.57. The van der Waals surface area contributed by atoms with E-state index in [0.717, 1.165) is 12.8 Å². The third kappa shape index (κ3) is 2.94. The molecule has 0 bridgehead atoms. The van der Waals surface area contributed by atoms with Gasteiger partial charge < -0.3 is 5.11 Å². The zero-order chi connectivity index (χ0) is 11.3. The topological polar surface area (TPSA) is 37.3 Å². The molecule has 1 aromatic carbocycles. The van der Waals surface area contributed by atoms with E-state index in [9.17, 15) is 9.90 Å². The van der Waals surface area contributed by atoms with Gasteiger partial charge in [0, 0.05) is 0 Å². The number of ketones is 1. The summed E-state index contributed by atoms with van der Waals surface area (Å²) in [7, 11) is 0. The van der Waals surface area contributed by atoms with Crippen LogP contribution in [0.3, 0.4) is 0 Å². The standard InChI is InChI=1S/C13H16O2/c1-3-4-7-10(2)13(15)11-8-5-6-9-12(11)14/h5-6,8-9,14H,2-4,7H2,1H3. The number of Topliss-reactive ketones (excluding diaryl/α,β-unsaturated/α-hetero) is 1. The van der Waals surface area contributed by atoms with Crippen molar-refractivity contribution in [3.05, 3.63) is 42.0 Å². The highest BCUT2D eigenvalue weighted by atomic mass is 16.3. The molecule has 0 aliphatic carbocycles. The Morgan fingerprint density at radius 3 is 2.67 bits per heavy atom. The molecule has 1 aromatic rings. The number of benzene rings is 1. The molecule has 0 amide bonds. The van der Waals surface area contributed by atoms with E-state index in [-0.39, 0.29) is 11.5 Å². The number of phenols is 1. The van der Waals surface area contributed by atoms with E-state index >= 15 is 0 Å². The number of rotatable bonds is 5. The number of phenolic OH excluding ortho intramolecular Hbond substituents is 1. The van der Waals surface area contributed by atoms with Gasteiger partial charge in [0.05, 0.1) is 5.56 Å². The maximum Gasteiger partial charge on any atom is 0.192 e. The molecule has 2 nitrogen and oxygen atoms in total. The van der Waals surface area contributed by atoms with Gasteiger partial charge in [-0.3, -0.25) is 4.79 Å². The van der Waals surface area contributed by atoms with Crippen LogP contribution in [0, 0.1) is 0 Å². The van der Waals surface area contributed by atoms with Gasteiger partial charge >= 0.3 is 0 Å². The highest BCUT2D eigenvalue weighted by Crippen LogP contribution is 2.20. The van der Waals surface area contributed by atoms with Crippen LogP contribution in [0.2, 0.25) is 0 Å². The lowest BCUT2D eigenvalue weighted by molar-refractivity contribution is 0.102. The van der Waals surface area contributed by atoms with Crippen LogP contribution in [-0.2, 0) is 0 Å². The van der Waals surface area contributed by atoms with Gasteiger partial charge in [-0.1, -0.05) is 32.1 Å². The lowest BCUT2D eigenvalue weighted by atomic mass is 10.00. The van der Waals surface area contributed by atoms with Crippen LogP contribution in [0.15, 0.2) is 36.4 Å². The second kappa shape index (κ2) is 5.35. The van der Waals surface area contributed by atoms with Gasteiger partial charge in [0.2, 0.25) is 0 Å². The lowest BCUT2D eigenvalue weighted by Gasteiger charge is -2.05. The van der Waals surface area contributed by atoms with E-state index in [1.807, 2.05) is 0 Å². The zero-order valence-corrected chi connectivity index (χ0v) is 8.99. The SMILES string of the molecule is C=C(CCCC)C(=O)c1ccccc1O. The molecule has 0 radical (unpaired) electrons. The highest BCUT2D eigenvalue weighted by molar-refractivity contribution is 6.09. The first-order chi connectivity index (χ1) is 7.16. The highest BCUT2D eigenvalue weighted by Gasteiger charge is 2.12. The normalized spacial score (nSPS) is 9.93. The van der Waals surface area contributed by atoms with Crippen molar-refractivity contribution in [1.29, 1.82) is 0 Å². The maximum atomic E-state index is 11.8. The van der Waals surface area contributed by atoms with Crippen molar-refractivity contribution in [1.82, 2.24) is 0 Å². The molecule has 1 rings (SSSR count). The van der Waals surface area contributed by atoms with Gasteiger partial charge in [-0.2, -0.15) is 0 Å². The van der Waals surface area contributed by atoms with Crippen molar-refractivity contribution < 1.29 is 9.90 Å². The molecule has 0 fully saturated rings. The minimum Gasteiger partial charge on any atom is -0.507 e. The predicted octanol–water partition coefficient (Wildman–Crippen LogP) is 3.32. The first-order valence-electron chi connectivity index (χ1n) is 5.17. The first kappa shape index (κ1) is 11.5. The number of allylic oxidation sites excluding steroid dienone is 1. The van der Waals surface area contributed by atoms with Gasteiger partial charge in [-0.05, 0) is 30.5 Å². The Hall–Kier alpha value is -1.57. The summed E-state index contributed by atoms with van der Waals surface area (Å²) >= 11 is 0. The number of aromatic hydroxyl groups is 1. The molecule has 0 saturated carbocycles. The van der Waals surface area contributed by atoms with Crippen LogP contribution < -0.4 is 0 Å². The van der Waals surface area contributed by atoms with Crippen LogP contribution in [0.5, 0.6) is 5.75 Å². The van der Waals surface area contributed by atoms with Crippen LogP contribution in [-0.4, -0.2) is 10.9 Å². The molecule has 0 aromatic heterocycles. The summed E-state index contributed by atoms with van der Waals surface area (Å²) in [5, 5.41) is 9.49. The molecule has 80 valence electrons. The first-order valence-corrected chi connectivity index (χ1v) is 5.17. The van der Waals surface area contributed by atoms with E-state index in [1.165, 1.54) is 6.07 Å². The molecule has 0 aliphatic rings. The Kier molecular flexibility index (Phi) is 4.10. The third-order valence-corrected chi connectivity index (χ3v) is 2.30. The van der Waals surface area contributed by atoms with E-state index in [1.54, 1.807) is 18.2 Å². The number of carbonyl (C=O) groups is 1. The molecule has 1 N–H and O–H groups in total. The fourth-order valence-electron chi connectivity index (χ4n) is 1.36. The summed E-state index contributed by atoms with van der Waals surface area (Å²) in [5.41, 5.74) is 0.914. The van der Waals surface area contributed by atoms with E-state index in [2.05, 4.69) is 13.5 Å². The molecule has 0 spiro atoms. The Labute approximate surface area is 90.3 Å². The Balaban J connectivity index is 2.77. The Morgan fingerprint density at radius 2 is 2.07 bits per heavy atom. The van der Waals surface area contributed by atoms with Crippen LogP contribution in [0.1, 0.15) is 36.5 Å². The van der Waals surface area contributed by atoms with Gasteiger partial charge in [0.25, 0.3) is 0 Å². The van der Waals surface area contributed by atoms with Gasteiger partial charge in [-0.25, -0.2) is 0 Å². The van der Waals surface area contributed by atoms with Crippen molar-refractivity contribution in [3.63, 3.8) is 0 Å². The molecule has 0 unspecified atom stereocenters. The monoisotopic (exact) mass is 204 g/mol. The van der Waals surface area contributed by atoms with Crippen molar-refractivity contribution in [2.45, 2.75) is 26.2 Å². The fourth-order valence-corrected chi connectivity index (χ4v) is 1.36. The summed E-state index contributed by atoms with van der Waals surface area (Å²) in [4.78, 5) is 11.8. The molecular formula is C13H16O2. The molecule has 0 aliphatic heterocycles. The average molecular weight is 204 g/mol. The summed E-state index contributed by atoms with van der Waals surface area (Å²) in [6.07, 6.45) is 2.69. The molecule has 0 heterocycles. The minimum absolute atomic E-state index is 0.0279. The van der Waals surface area contributed by atoms with Gasteiger partial charge in [0.15, 0.2) is 5.78 Å². The summed E-state index contributed by atoms with van der Waals surface area (Å²) in [5.74, 6) is -0.123. The van der Waals surface area contributed by atoms with Crippen LogP contribution in [0.4, 0.5) is 0 Å². The Morgan fingerprint density at radius 1 is 1.40 bits per heavy atom. The van der Waals surface area contributed by atoms with E-state index in [4.69, 9.17) is 0 Å². The van der Waals surface area contributed by atoms with Crippen molar-refractivity contribution in [2.24, 2.45) is 0 Å². The average Bonchev–Trinajstić information content (AvgIpc) is 2.25. The lowest BCUT2D eigenvalue weighted by Crippen LogP contribution is -2.02. The molecule has 2 heteroatoms. The van der Waals surface area contributed by atoms with Crippen molar-refractivity contribution in [2.75, 3.05) is 0 Å². The molecular weight excluding hydrogens is 188 g/mol. The fraction of sp³-hybridized carbons (Fsp3) is 0.308. The molecule has 15 heavy (non-hydrogen) atoms. The van der Waals surface area contributed by atoms with Gasteiger partial charge in [0.1, 0.15) is 5.75 Å². The van der Waals surface area contributed by atoms with Gasteiger partial charge in [-0.15, -0.1) is 0 Å². The van der Waals surface area contributed by atoms with Crippen molar-refractivity contribution >= 4 is 5.78 Å². The zero-order valence-electron chi connectivity index (χ0n) is 8.99. The van der Waals surface area contributed by atoms with Crippen molar-refractivity contribution in [3.8, 4) is 5.75 Å². The van der Waals surface area contributed by atoms with E-state index < -0.39 is 0 Å². The second-order valence-electron chi connectivity index (χ2n) is 3.55. The largest absolute Gasteiger partial charge is 0.507 e.